The van der Waals surface area contributed by atoms with Gasteiger partial charge in [-0.15, -0.1) is 0 Å². The minimum atomic E-state index is -1.37. The Kier molecular flexibility index (Phi) is 4.68. The third kappa shape index (κ3) is 3.08. The van der Waals surface area contributed by atoms with E-state index >= 15 is 0 Å². The molecule has 0 bridgehead atoms. The smallest absolute Gasteiger partial charge is 0.335 e. The number of aromatic carboxylic acids is 3. The van der Waals surface area contributed by atoms with Gasteiger partial charge in [-0.3, -0.25) is 0 Å². The number of carboxylic acid groups (broad SMARTS) is 3. The van der Waals surface area contributed by atoms with Gasteiger partial charge in [0.25, 0.3) is 0 Å². The molecule has 1 rings (SSSR count). The zero-order chi connectivity index (χ0) is 11.6. The summed E-state index contributed by atoms with van der Waals surface area (Å²) in [6.07, 6.45) is 0. The van der Waals surface area contributed by atoms with Gasteiger partial charge in [0.05, 0.1) is 16.7 Å². The van der Waals surface area contributed by atoms with Crippen molar-refractivity contribution in [2.75, 3.05) is 0 Å². The predicted octanol–water partition coefficient (Wildman–Crippen LogP) is 0.779. The Morgan fingerprint density at radius 2 is 0.875 bits per heavy atom. The van der Waals surface area contributed by atoms with Gasteiger partial charge in [0.15, 0.2) is 0 Å². The van der Waals surface area contributed by atoms with Crippen molar-refractivity contribution in [3.05, 3.63) is 34.9 Å². The molecule has 0 aromatic heterocycles. The number of hydrogen-bond donors (Lipinski definition) is 3. The van der Waals surface area contributed by atoms with Crippen LogP contribution >= 0.6 is 0 Å². The van der Waals surface area contributed by atoms with E-state index in [2.05, 4.69) is 0 Å². The molecular weight excluding hydrogens is 268 g/mol. The Balaban J connectivity index is 0.00000225. The molecule has 6 nitrogen and oxygen atoms in total. The molecule has 0 saturated heterocycles. The molecule has 0 aliphatic rings. The number of carboxylic acids is 3. The van der Waals surface area contributed by atoms with Gasteiger partial charge in [-0.1, -0.05) is 0 Å². The molecule has 0 amide bonds. The Morgan fingerprint density at radius 1 is 0.688 bits per heavy atom. The Hall–Kier alpha value is -1.85. The van der Waals surface area contributed by atoms with E-state index in [0.29, 0.717) is 0 Å². The van der Waals surface area contributed by atoms with Gasteiger partial charge in [0.2, 0.25) is 0 Å². The van der Waals surface area contributed by atoms with Crippen LogP contribution < -0.4 is 0 Å². The Bertz CT molecular complexity index is 374. The van der Waals surface area contributed by atoms with Crippen molar-refractivity contribution in [2.24, 2.45) is 0 Å². The fourth-order valence-corrected chi connectivity index (χ4v) is 0.998. The summed E-state index contributed by atoms with van der Waals surface area (Å²) in [4.78, 5) is 31.7. The predicted molar refractivity (Wildman–Crippen MR) is 47.3 cm³/mol. The maximum atomic E-state index is 10.6. The van der Waals surface area contributed by atoms with E-state index in [4.69, 9.17) is 15.3 Å². The average molecular weight is 274 g/mol. The van der Waals surface area contributed by atoms with Gasteiger partial charge in [-0.05, 0) is 18.2 Å². The Morgan fingerprint density at radius 3 is 1.00 bits per heavy atom. The first-order valence-corrected chi connectivity index (χ1v) is 3.77. The van der Waals surface area contributed by atoms with Crippen molar-refractivity contribution in [1.82, 2.24) is 0 Å². The second-order valence-corrected chi connectivity index (χ2v) is 2.71. The van der Waals surface area contributed by atoms with Gasteiger partial charge >= 0.3 is 17.9 Å². The second kappa shape index (κ2) is 5.29. The van der Waals surface area contributed by atoms with Crippen molar-refractivity contribution in [1.29, 1.82) is 0 Å². The molecule has 1 radical (unpaired) electrons. The van der Waals surface area contributed by atoms with E-state index in [0.717, 1.165) is 18.2 Å². The van der Waals surface area contributed by atoms with E-state index in [1.54, 1.807) is 0 Å². The van der Waals surface area contributed by atoms with Gasteiger partial charge in [0.1, 0.15) is 0 Å². The molecular formula is C9H6CuO6. The normalized spacial score (nSPS) is 9.00. The van der Waals surface area contributed by atoms with Crippen molar-refractivity contribution < 1.29 is 46.8 Å². The van der Waals surface area contributed by atoms with Crippen molar-refractivity contribution in [3.63, 3.8) is 0 Å². The summed E-state index contributed by atoms with van der Waals surface area (Å²) in [7, 11) is 0. The minimum Gasteiger partial charge on any atom is -0.478 e. The largest absolute Gasteiger partial charge is 0.478 e. The fourth-order valence-electron chi connectivity index (χ4n) is 0.998. The molecule has 3 N–H and O–H groups in total. The third-order valence-electron chi connectivity index (χ3n) is 1.67. The SMILES string of the molecule is O=C(O)c1cc(C(=O)O)cc(C(=O)O)c1.[Cu]. The molecule has 0 aliphatic heterocycles. The number of carbonyl (C=O) groups is 3. The van der Waals surface area contributed by atoms with E-state index < -0.39 is 17.9 Å². The van der Waals surface area contributed by atoms with Crippen molar-refractivity contribution in [3.8, 4) is 0 Å². The topological polar surface area (TPSA) is 112 Å². The molecule has 0 unspecified atom stereocenters. The van der Waals surface area contributed by atoms with Gasteiger partial charge in [-0.25, -0.2) is 14.4 Å². The van der Waals surface area contributed by atoms with Crippen LogP contribution in [-0.4, -0.2) is 33.2 Å². The molecule has 0 fully saturated rings. The van der Waals surface area contributed by atoms with Crippen molar-refractivity contribution >= 4 is 17.9 Å². The first-order valence-electron chi connectivity index (χ1n) is 3.77. The summed E-state index contributed by atoms with van der Waals surface area (Å²) in [5.41, 5.74) is -1.10. The van der Waals surface area contributed by atoms with E-state index in [1.807, 2.05) is 0 Å². The van der Waals surface area contributed by atoms with Crippen LogP contribution in [0.3, 0.4) is 0 Å². The van der Waals surface area contributed by atoms with Crippen LogP contribution in [0.4, 0.5) is 0 Å². The van der Waals surface area contributed by atoms with Gasteiger partial charge in [-0.2, -0.15) is 0 Å². The summed E-state index contributed by atoms with van der Waals surface area (Å²) in [5, 5.41) is 25.8. The van der Waals surface area contributed by atoms with Crippen LogP contribution in [0.5, 0.6) is 0 Å². The molecule has 16 heavy (non-hydrogen) atoms. The number of rotatable bonds is 3. The molecule has 0 aliphatic carbocycles. The molecule has 7 heteroatoms. The first kappa shape index (κ1) is 14.1. The molecule has 0 saturated carbocycles. The van der Waals surface area contributed by atoms with Gasteiger partial charge in [0, 0.05) is 17.1 Å². The summed E-state index contributed by atoms with van der Waals surface area (Å²) in [6.45, 7) is 0. The van der Waals surface area contributed by atoms with Crippen LogP contribution in [0.25, 0.3) is 0 Å². The van der Waals surface area contributed by atoms with E-state index in [1.165, 1.54) is 0 Å². The molecule has 1 aromatic rings. The van der Waals surface area contributed by atoms with Crippen molar-refractivity contribution in [2.45, 2.75) is 0 Å². The number of hydrogen-bond acceptors (Lipinski definition) is 3. The summed E-state index contributed by atoms with van der Waals surface area (Å²) in [5.74, 6) is -4.12. The maximum Gasteiger partial charge on any atom is 0.335 e. The zero-order valence-corrected chi connectivity index (χ0v) is 8.54. The summed E-state index contributed by atoms with van der Waals surface area (Å²) in [6, 6.07) is 2.70. The fraction of sp³-hybridized carbons (Fsp3) is 0. The molecule has 0 atom stereocenters. The number of benzene rings is 1. The van der Waals surface area contributed by atoms with E-state index in [9.17, 15) is 14.4 Å². The van der Waals surface area contributed by atoms with Crippen LogP contribution in [0.1, 0.15) is 31.1 Å². The average Bonchev–Trinajstić information content (AvgIpc) is 2.16. The van der Waals surface area contributed by atoms with Crippen LogP contribution in [0.15, 0.2) is 18.2 Å². The Labute approximate surface area is 100.0 Å². The monoisotopic (exact) mass is 273 g/mol. The van der Waals surface area contributed by atoms with Crippen LogP contribution in [0, 0.1) is 0 Å². The zero-order valence-electron chi connectivity index (χ0n) is 7.60. The van der Waals surface area contributed by atoms with Crippen LogP contribution in [-0.2, 0) is 17.1 Å². The molecule has 89 valence electrons. The first-order chi connectivity index (χ1) is 6.91. The third-order valence-corrected chi connectivity index (χ3v) is 1.67. The molecule has 0 heterocycles. The maximum absolute atomic E-state index is 10.6. The minimum absolute atomic E-state index is 0. The summed E-state index contributed by atoms with van der Waals surface area (Å²) >= 11 is 0. The second-order valence-electron chi connectivity index (χ2n) is 2.71. The molecule has 0 spiro atoms. The summed E-state index contributed by atoms with van der Waals surface area (Å²) < 4.78 is 0. The quantitative estimate of drug-likeness (QED) is 0.702. The standard InChI is InChI=1S/C9H6O6.Cu/c10-7(11)4-1-5(8(12)13)3-6(2-4)9(14)15;/h1-3H,(H,10,11)(H,12,13)(H,14,15);. The van der Waals surface area contributed by atoms with E-state index in [-0.39, 0.29) is 33.8 Å². The molecule has 1 aromatic carbocycles. The van der Waals surface area contributed by atoms with Crippen LogP contribution in [0.2, 0.25) is 0 Å². The van der Waals surface area contributed by atoms with Gasteiger partial charge < -0.3 is 15.3 Å².